The largest absolute Gasteiger partial charge is 0.344 e. The minimum Gasteiger partial charge on any atom is -0.344 e. The van der Waals surface area contributed by atoms with Crippen molar-refractivity contribution in [3.63, 3.8) is 0 Å². The fourth-order valence-electron chi connectivity index (χ4n) is 3.58. The average Bonchev–Trinajstić information content (AvgIpc) is 2.63. The van der Waals surface area contributed by atoms with Crippen LogP contribution >= 0.6 is 0 Å². The van der Waals surface area contributed by atoms with Crippen molar-refractivity contribution in [1.29, 1.82) is 0 Å². The van der Waals surface area contributed by atoms with Gasteiger partial charge in [-0.1, -0.05) is 24.3 Å². The van der Waals surface area contributed by atoms with Crippen molar-refractivity contribution in [3.05, 3.63) is 64.5 Å². The molecule has 0 spiro atoms. The maximum absolute atomic E-state index is 13.0. The number of piperidine rings is 1. The van der Waals surface area contributed by atoms with E-state index in [9.17, 15) is 4.79 Å². The molecule has 1 aromatic heterocycles. The minimum atomic E-state index is 0. The number of aryl methyl sites for hydroxylation is 1. The quantitative estimate of drug-likeness (QED) is 0.896. The highest BCUT2D eigenvalue weighted by Gasteiger charge is 2.27. The lowest BCUT2D eigenvalue weighted by Crippen LogP contribution is -2.39. The van der Waals surface area contributed by atoms with Crippen LogP contribution in [0.15, 0.2) is 36.5 Å². The Labute approximate surface area is 149 Å². The Bertz CT molecular complexity index is 744. The first-order chi connectivity index (χ1) is 11.6. The SMILES string of the molecule is Cc1nccc(C(=O)N2CCCC(c3ccccc3CN)C2)c1C.N. The van der Waals surface area contributed by atoms with Crippen LogP contribution in [0.25, 0.3) is 0 Å². The van der Waals surface area contributed by atoms with Crippen LogP contribution < -0.4 is 11.9 Å². The Morgan fingerprint density at radius 2 is 2.04 bits per heavy atom. The van der Waals surface area contributed by atoms with Crippen molar-refractivity contribution < 1.29 is 4.79 Å². The van der Waals surface area contributed by atoms with Crippen molar-refractivity contribution in [2.75, 3.05) is 13.1 Å². The van der Waals surface area contributed by atoms with Crippen molar-refractivity contribution in [1.82, 2.24) is 16.0 Å². The first-order valence-corrected chi connectivity index (χ1v) is 8.61. The molecule has 0 bridgehead atoms. The molecule has 1 amide bonds. The number of carbonyl (C=O) groups is 1. The Balaban J connectivity index is 0.00000225. The van der Waals surface area contributed by atoms with E-state index in [0.29, 0.717) is 12.5 Å². The van der Waals surface area contributed by atoms with Gasteiger partial charge in [0.05, 0.1) is 0 Å². The predicted molar refractivity (Wildman–Crippen MR) is 101 cm³/mol. The van der Waals surface area contributed by atoms with Gasteiger partial charge in [0.15, 0.2) is 0 Å². The molecule has 1 aliphatic heterocycles. The molecule has 1 unspecified atom stereocenters. The van der Waals surface area contributed by atoms with Crippen LogP contribution in [0.5, 0.6) is 0 Å². The molecule has 0 radical (unpaired) electrons. The third-order valence-electron chi connectivity index (χ3n) is 5.11. The van der Waals surface area contributed by atoms with Gasteiger partial charge in [-0.15, -0.1) is 0 Å². The number of likely N-dealkylation sites (tertiary alicyclic amines) is 1. The minimum absolute atomic E-state index is 0. The maximum Gasteiger partial charge on any atom is 0.254 e. The molecule has 1 aliphatic rings. The molecular weight excluding hydrogens is 312 g/mol. The highest BCUT2D eigenvalue weighted by molar-refractivity contribution is 5.95. The highest BCUT2D eigenvalue weighted by Crippen LogP contribution is 2.30. The fourth-order valence-corrected chi connectivity index (χ4v) is 3.58. The van der Waals surface area contributed by atoms with Crippen LogP contribution in [-0.2, 0) is 6.54 Å². The summed E-state index contributed by atoms with van der Waals surface area (Å²) in [5, 5.41) is 0. The second kappa shape index (κ2) is 8.23. The van der Waals surface area contributed by atoms with E-state index in [0.717, 1.165) is 42.8 Å². The Morgan fingerprint density at radius 1 is 1.28 bits per heavy atom. The number of aromatic nitrogens is 1. The summed E-state index contributed by atoms with van der Waals surface area (Å²) in [6, 6.07) is 10.2. The van der Waals surface area contributed by atoms with Crippen molar-refractivity contribution in [3.8, 4) is 0 Å². The summed E-state index contributed by atoms with van der Waals surface area (Å²) in [5.41, 5.74) is 11.0. The van der Waals surface area contributed by atoms with E-state index in [1.165, 1.54) is 11.1 Å². The molecule has 134 valence electrons. The second-order valence-corrected chi connectivity index (χ2v) is 6.56. The zero-order chi connectivity index (χ0) is 17.1. The first-order valence-electron chi connectivity index (χ1n) is 8.61. The van der Waals surface area contributed by atoms with E-state index in [4.69, 9.17) is 5.73 Å². The van der Waals surface area contributed by atoms with Crippen LogP contribution in [-0.4, -0.2) is 28.9 Å². The predicted octanol–water partition coefficient (Wildman–Crippen LogP) is 3.34. The maximum atomic E-state index is 13.0. The van der Waals surface area contributed by atoms with E-state index in [2.05, 4.69) is 23.2 Å². The fraction of sp³-hybridized carbons (Fsp3) is 0.400. The molecule has 1 aromatic carbocycles. The van der Waals surface area contributed by atoms with E-state index >= 15 is 0 Å². The molecule has 1 saturated heterocycles. The third kappa shape index (κ3) is 3.89. The zero-order valence-corrected chi connectivity index (χ0v) is 15.2. The lowest BCUT2D eigenvalue weighted by atomic mass is 9.87. The number of amides is 1. The van der Waals surface area contributed by atoms with Gasteiger partial charge in [-0.2, -0.15) is 0 Å². The number of benzene rings is 1. The molecule has 5 nitrogen and oxygen atoms in total. The van der Waals surface area contributed by atoms with Gasteiger partial charge in [0.2, 0.25) is 0 Å². The number of rotatable bonds is 3. The summed E-state index contributed by atoms with van der Waals surface area (Å²) < 4.78 is 0. The molecule has 5 heteroatoms. The summed E-state index contributed by atoms with van der Waals surface area (Å²) >= 11 is 0. The average molecular weight is 340 g/mol. The Kier molecular flexibility index (Phi) is 6.28. The van der Waals surface area contributed by atoms with Crippen LogP contribution in [0.4, 0.5) is 0 Å². The number of hydrogen-bond acceptors (Lipinski definition) is 4. The van der Waals surface area contributed by atoms with Crippen LogP contribution in [0.2, 0.25) is 0 Å². The second-order valence-electron chi connectivity index (χ2n) is 6.56. The van der Waals surface area contributed by atoms with Crippen LogP contribution in [0, 0.1) is 13.8 Å². The lowest BCUT2D eigenvalue weighted by molar-refractivity contribution is 0.0706. The molecule has 2 aromatic rings. The number of hydrogen-bond donors (Lipinski definition) is 2. The first kappa shape index (κ1) is 19.1. The smallest absolute Gasteiger partial charge is 0.254 e. The lowest BCUT2D eigenvalue weighted by Gasteiger charge is -2.34. The van der Waals surface area contributed by atoms with Gasteiger partial charge < -0.3 is 16.8 Å². The van der Waals surface area contributed by atoms with Gasteiger partial charge in [0, 0.05) is 43.0 Å². The monoisotopic (exact) mass is 340 g/mol. The van der Waals surface area contributed by atoms with E-state index in [1.54, 1.807) is 6.20 Å². The van der Waals surface area contributed by atoms with Crippen molar-refractivity contribution in [2.45, 2.75) is 39.2 Å². The summed E-state index contributed by atoms with van der Waals surface area (Å²) in [7, 11) is 0. The van der Waals surface area contributed by atoms with E-state index in [-0.39, 0.29) is 12.1 Å². The van der Waals surface area contributed by atoms with E-state index < -0.39 is 0 Å². The molecule has 3 rings (SSSR count). The molecule has 5 N–H and O–H groups in total. The van der Waals surface area contributed by atoms with E-state index in [1.807, 2.05) is 30.9 Å². The topological polar surface area (TPSA) is 94.2 Å². The van der Waals surface area contributed by atoms with Crippen molar-refractivity contribution in [2.24, 2.45) is 5.73 Å². The third-order valence-corrected chi connectivity index (χ3v) is 5.11. The summed E-state index contributed by atoms with van der Waals surface area (Å²) in [6.07, 6.45) is 3.86. The molecule has 0 aliphatic carbocycles. The van der Waals surface area contributed by atoms with Gasteiger partial charge in [0.25, 0.3) is 5.91 Å². The van der Waals surface area contributed by atoms with Gasteiger partial charge in [-0.25, -0.2) is 0 Å². The highest BCUT2D eigenvalue weighted by atomic mass is 16.2. The van der Waals surface area contributed by atoms with Gasteiger partial charge >= 0.3 is 0 Å². The molecule has 1 atom stereocenters. The summed E-state index contributed by atoms with van der Waals surface area (Å²) in [6.45, 7) is 6.05. The van der Waals surface area contributed by atoms with Crippen molar-refractivity contribution >= 4 is 5.91 Å². The van der Waals surface area contributed by atoms with Gasteiger partial charge in [0.1, 0.15) is 0 Å². The molecule has 0 saturated carbocycles. The number of pyridine rings is 1. The normalized spacial score (nSPS) is 17.1. The van der Waals surface area contributed by atoms with Gasteiger partial charge in [-0.05, 0) is 49.4 Å². The Morgan fingerprint density at radius 3 is 2.80 bits per heavy atom. The number of nitrogens with zero attached hydrogens (tertiary/aromatic N) is 2. The number of nitrogens with two attached hydrogens (primary N) is 1. The van der Waals surface area contributed by atoms with Crippen LogP contribution in [0.1, 0.15) is 51.5 Å². The standard InChI is InChI=1S/C20H25N3O.H3N/c1-14-15(2)22-10-9-18(14)20(24)23-11-5-7-17(13-23)19-8-4-3-6-16(19)12-21;/h3-4,6,8-10,17H,5,7,11-13,21H2,1-2H3;1H3. The summed E-state index contributed by atoms with van der Waals surface area (Å²) in [4.78, 5) is 19.2. The molecule has 1 fully saturated rings. The zero-order valence-electron chi connectivity index (χ0n) is 15.2. The van der Waals surface area contributed by atoms with Gasteiger partial charge in [-0.3, -0.25) is 9.78 Å². The van der Waals surface area contributed by atoms with Crippen LogP contribution in [0.3, 0.4) is 0 Å². The Hall–Kier alpha value is -2.24. The number of carbonyl (C=O) groups excluding carboxylic acids is 1. The molecular formula is C20H28N4O. The molecule has 25 heavy (non-hydrogen) atoms. The molecule has 2 heterocycles. The summed E-state index contributed by atoms with van der Waals surface area (Å²) in [5.74, 6) is 0.485.